The highest BCUT2D eigenvalue weighted by Gasteiger charge is 2.30. The standard InChI is InChI=1S/C40H51N7O4/c1-40(2,3)51-39(50)47-23-18-31-24-41-38(43-35(31)26-47)42-32-8-10-33(11-9-32)46-21-14-27(15-22-46)25-45-19-16-29(17-20-45)28-4-6-30(7-5-28)34-12-13-36(48)44-37(34)49/h4-11,24,27,29,34H,12-23,25-26H2,1-3H3,(H,41,42,43)(H,44,48,49). The number of hydrogen-bond acceptors (Lipinski definition) is 9. The molecule has 2 N–H and O–H groups in total. The van der Waals surface area contributed by atoms with Gasteiger partial charge >= 0.3 is 6.09 Å². The Morgan fingerprint density at radius 3 is 2.27 bits per heavy atom. The number of hydrogen-bond donors (Lipinski definition) is 2. The lowest BCUT2D eigenvalue weighted by atomic mass is 9.85. The Balaban J connectivity index is 0.842. The normalized spacial score (nSPS) is 20.9. The van der Waals surface area contributed by atoms with Crippen LogP contribution >= 0.6 is 0 Å². The Kier molecular flexibility index (Phi) is 10.3. The third kappa shape index (κ3) is 8.69. The van der Waals surface area contributed by atoms with Crippen molar-refractivity contribution >= 4 is 35.2 Å². The van der Waals surface area contributed by atoms with Crippen molar-refractivity contribution in [1.82, 2.24) is 25.1 Å². The van der Waals surface area contributed by atoms with Crippen LogP contribution in [0, 0.1) is 5.92 Å². The smallest absolute Gasteiger partial charge is 0.410 e. The minimum absolute atomic E-state index is 0.167. The Labute approximate surface area is 301 Å². The first-order valence-corrected chi connectivity index (χ1v) is 18.7. The molecule has 7 rings (SSSR count). The highest BCUT2D eigenvalue weighted by molar-refractivity contribution is 6.00. The highest BCUT2D eigenvalue weighted by atomic mass is 16.6. The first-order chi connectivity index (χ1) is 24.6. The summed E-state index contributed by atoms with van der Waals surface area (Å²) >= 11 is 0. The Morgan fingerprint density at radius 1 is 0.882 bits per heavy atom. The molecule has 4 aliphatic heterocycles. The highest BCUT2D eigenvalue weighted by Crippen LogP contribution is 2.33. The van der Waals surface area contributed by atoms with Gasteiger partial charge in [0.1, 0.15) is 5.60 Å². The number of aromatic nitrogens is 2. The number of amides is 3. The molecular formula is C40H51N7O4. The average molecular weight is 694 g/mol. The van der Waals surface area contributed by atoms with Gasteiger partial charge in [-0.2, -0.15) is 0 Å². The van der Waals surface area contributed by atoms with E-state index in [4.69, 9.17) is 9.72 Å². The second-order valence-electron chi connectivity index (χ2n) is 15.7. The third-order valence-corrected chi connectivity index (χ3v) is 10.9. The maximum atomic E-state index is 12.6. The van der Waals surface area contributed by atoms with E-state index in [0.29, 0.717) is 44.2 Å². The van der Waals surface area contributed by atoms with Crippen LogP contribution in [-0.2, 0) is 27.3 Å². The van der Waals surface area contributed by atoms with Crippen LogP contribution in [0.4, 0.5) is 22.1 Å². The summed E-state index contributed by atoms with van der Waals surface area (Å²) in [6, 6.07) is 17.1. The lowest BCUT2D eigenvalue weighted by Crippen LogP contribution is -2.41. The molecule has 3 fully saturated rings. The van der Waals surface area contributed by atoms with Crippen molar-refractivity contribution in [3.8, 4) is 0 Å². The summed E-state index contributed by atoms with van der Waals surface area (Å²) in [5, 5.41) is 5.82. The molecule has 0 radical (unpaired) electrons. The van der Waals surface area contributed by atoms with Crippen LogP contribution in [0.5, 0.6) is 0 Å². The molecule has 3 aromatic rings. The van der Waals surface area contributed by atoms with Crippen molar-refractivity contribution in [2.75, 3.05) is 49.5 Å². The van der Waals surface area contributed by atoms with E-state index in [2.05, 4.69) is 73.9 Å². The maximum absolute atomic E-state index is 12.6. The number of imide groups is 1. The number of nitrogens with one attached hydrogen (secondary N) is 2. The van der Waals surface area contributed by atoms with Crippen molar-refractivity contribution in [3.05, 3.63) is 77.1 Å². The summed E-state index contributed by atoms with van der Waals surface area (Å²) in [4.78, 5) is 52.5. The first kappa shape index (κ1) is 34.9. The van der Waals surface area contributed by atoms with Crippen molar-refractivity contribution in [2.45, 2.75) is 89.7 Å². The van der Waals surface area contributed by atoms with Crippen LogP contribution in [-0.4, -0.2) is 82.5 Å². The fourth-order valence-corrected chi connectivity index (χ4v) is 7.93. The zero-order chi connectivity index (χ0) is 35.5. The molecule has 11 heteroatoms. The van der Waals surface area contributed by atoms with Crippen LogP contribution in [0.3, 0.4) is 0 Å². The van der Waals surface area contributed by atoms with Crippen molar-refractivity contribution in [2.24, 2.45) is 5.92 Å². The van der Waals surface area contributed by atoms with Crippen molar-refractivity contribution in [3.63, 3.8) is 0 Å². The molecule has 51 heavy (non-hydrogen) atoms. The minimum atomic E-state index is -0.531. The van der Waals surface area contributed by atoms with Gasteiger partial charge in [-0.15, -0.1) is 0 Å². The molecule has 5 heterocycles. The Hall–Kier alpha value is -4.51. The van der Waals surface area contributed by atoms with Gasteiger partial charge in [-0.1, -0.05) is 24.3 Å². The lowest BCUT2D eigenvalue weighted by Gasteiger charge is -2.38. The van der Waals surface area contributed by atoms with Gasteiger partial charge in [0.15, 0.2) is 0 Å². The van der Waals surface area contributed by atoms with E-state index in [0.717, 1.165) is 67.4 Å². The zero-order valence-corrected chi connectivity index (χ0v) is 30.2. The number of anilines is 3. The molecule has 270 valence electrons. The summed E-state index contributed by atoms with van der Waals surface area (Å²) in [5.74, 6) is 1.26. The van der Waals surface area contributed by atoms with Crippen LogP contribution in [0.1, 0.15) is 93.5 Å². The number of ether oxygens (including phenoxy) is 1. The number of piperidine rings is 3. The minimum Gasteiger partial charge on any atom is -0.444 e. The number of nitrogens with zero attached hydrogens (tertiary/aromatic N) is 5. The topological polar surface area (TPSA) is 120 Å². The SMILES string of the molecule is CC(C)(C)OC(=O)N1CCc2cnc(Nc3ccc(N4CCC(CN5CCC(c6ccc(C7CCC(=O)NC7=O)cc6)CC5)CC4)cc3)nc2C1. The van der Waals surface area contributed by atoms with E-state index < -0.39 is 5.60 Å². The molecule has 1 unspecified atom stereocenters. The van der Waals surface area contributed by atoms with E-state index in [1.165, 1.54) is 30.6 Å². The molecule has 0 spiro atoms. The third-order valence-electron chi connectivity index (χ3n) is 10.9. The summed E-state index contributed by atoms with van der Waals surface area (Å²) < 4.78 is 5.57. The first-order valence-electron chi connectivity index (χ1n) is 18.7. The summed E-state index contributed by atoms with van der Waals surface area (Å²) in [7, 11) is 0. The number of rotatable bonds is 7. The fraction of sp³-hybridized carbons (Fsp3) is 0.525. The molecule has 0 saturated carbocycles. The molecule has 3 saturated heterocycles. The molecule has 2 aromatic carbocycles. The molecule has 4 aliphatic rings. The molecular weight excluding hydrogens is 642 g/mol. The molecule has 11 nitrogen and oxygen atoms in total. The largest absolute Gasteiger partial charge is 0.444 e. The van der Waals surface area contributed by atoms with Gasteiger partial charge in [-0.25, -0.2) is 14.8 Å². The van der Waals surface area contributed by atoms with E-state index in [1.807, 2.05) is 27.0 Å². The molecule has 0 aliphatic carbocycles. The summed E-state index contributed by atoms with van der Waals surface area (Å²) in [6.07, 6.45) is 8.00. The lowest BCUT2D eigenvalue weighted by molar-refractivity contribution is -0.134. The Bertz CT molecular complexity index is 1710. The fourth-order valence-electron chi connectivity index (χ4n) is 7.93. The van der Waals surface area contributed by atoms with E-state index in [1.54, 1.807) is 4.90 Å². The number of fused-ring (bicyclic) bond motifs is 1. The van der Waals surface area contributed by atoms with E-state index >= 15 is 0 Å². The predicted octanol–water partition coefficient (Wildman–Crippen LogP) is 6.13. The number of carbonyl (C=O) groups excluding carboxylic acids is 3. The molecule has 1 aromatic heterocycles. The van der Waals surface area contributed by atoms with Crippen LogP contribution in [0.25, 0.3) is 0 Å². The van der Waals surface area contributed by atoms with Gasteiger partial charge in [0.25, 0.3) is 0 Å². The zero-order valence-electron chi connectivity index (χ0n) is 30.2. The van der Waals surface area contributed by atoms with Gasteiger partial charge in [0.05, 0.1) is 18.2 Å². The molecule has 3 amide bonds. The van der Waals surface area contributed by atoms with Crippen molar-refractivity contribution in [1.29, 1.82) is 0 Å². The predicted molar refractivity (Wildman–Crippen MR) is 197 cm³/mol. The van der Waals surface area contributed by atoms with E-state index in [9.17, 15) is 14.4 Å². The average Bonchev–Trinajstić information content (AvgIpc) is 3.12. The van der Waals surface area contributed by atoms with Crippen LogP contribution in [0.2, 0.25) is 0 Å². The quantitative estimate of drug-likeness (QED) is 0.282. The second-order valence-corrected chi connectivity index (χ2v) is 15.7. The monoisotopic (exact) mass is 693 g/mol. The maximum Gasteiger partial charge on any atom is 0.410 e. The second kappa shape index (κ2) is 15.0. The Morgan fingerprint density at radius 2 is 1.59 bits per heavy atom. The van der Waals surface area contributed by atoms with Crippen molar-refractivity contribution < 1.29 is 19.1 Å². The number of benzene rings is 2. The van der Waals surface area contributed by atoms with Gasteiger partial charge in [0.2, 0.25) is 17.8 Å². The van der Waals surface area contributed by atoms with E-state index in [-0.39, 0.29) is 23.8 Å². The number of likely N-dealkylation sites (tertiary alicyclic amines) is 1. The van der Waals surface area contributed by atoms with Gasteiger partial charge < -0.3 is 24.8 Å². The molecule has 1 atom stereocenters. The van der Waals surface area contributed by atoms with Crippen LogP contribution in [0.15, 0.2) is 54.7 Å². The van der Waals surface area contributed by atoms with Gasteiger partial charge in [0, 0.05) is 50.2 Å². The molecule has 0 bridgehead atoms. The number of carbonyl (C=O) groups is 3. The summed E-state index contributed by atoms with van der Waals surface area (Å²) in [6.45, 7) is 12.2. The summed E-state index contributed by atoms with van der Waals surface area (Å²) in [5.41, 5.74) is 5.94. The van der Waals surface area contributed by atoms with Crippen LogP contribution < -0.4 is 15.5 Å². The van der Waals surface area contributed by atoms with Gasteiger partial charge in [-0.05, 0) is 125 Å². The van der Waals surface area contributed by atoms with Gasteiger partial charge in [-0.3, -0.25) is 14.9 Å².